The fourth-order valence-electron chi connectivity index (χ4n) is 2.38. The van der Waals surface area contributed by atoms with Crippen molar-refractivity contribution in [2.75, 3.05) is 19.7 Å². The Labute approximate surface area is 119 Å². The summed E-state index contributed by atoms with van der Waals surface area (Å²) in [4.78, 5) is 14.2. The second-order valence-electron chi connectivity index (χ2n) is 5.04. The molecule has 1 heterocycles. The summed E-state index contributed by atoms with van der Waals surface area (Å²) in [6, 6.07) is 5.44. The fraction of sp³-hybridized carbons (Fsp3) is 0.438. The number of carbonyl (C=O) groups excluding carboxylic acids is 1. The zero-order valence-electron chi connectivity index (χ0n) is 11.6. The molecule has 1 fully saturated rings. The van der Waals surface area contributed by atoms with Crippen LogP contribution in [-0.2, 0) is 0 Å². The van der Waals surface area contributed by atoms with E-state index < -0.39 is 6.10 Å². The van der Waals surface area contributed by atoms with Gasteiger partial charge in [-0.05, 0) is 37.5 Å². The molecule has 0 saturated carbocycles. The maximum atomic E-state index is 12.5. The van der Waals surface area contributed by atoms with Gasteiger partial charge in [0.15, 0.2) is 0 Å². The summed E-state index contributed by atoms with van der Waals surface area (Å²) >= 11 is 0. The number of rotatable bonds is 1. The molecule has 1 aromatic rings. The van der Waals surface area contributed by atoms with Crippen molar-refractivity contribution in [1.29, 1.82) is 0 Å². The van der Waals surface area contributed by atoms with Gasteiger partial charge in [0.05, 0.1) is 6.10 Å². The number of hydrogen-bond donors (Lipinski definition) is 2. The van der Waals surface area contributed by atoms with Crippen molar-refractivity contribution in [2.24, 2.45) is 0 Å². The van der Waals surface area contributed by atoms with Gasteiger partial charge in [-0.2, -0.15) is 0 Å². The predicted molar refractivity (Wildman–Crippen MR) is 76.3 cm³/mol. The molecular weight excluding hydrogens is 254 g/mol. The lowest BCUT2D eigenvalue weighted by molar-refractivity contribution is 0.0473. The first-order valence-electron chi connectivity index (χ1n) is 6.79. The topological polar surface area (TPSA) is 60.8 Å². The molecule has 1 aliphatic heterocycles. The average molecular weight is 273 g/mol. The Bertz CT molecular complexity index is 557. The number of aryl methyl sites for hydroxylation is 1. The van der Waals surface area contributed by atoms with Gasteiger partial charge >= 0.3 is 0 Å². The smallest absolute Gasteiger partial charge is 0.254 e. The molecule has 20 heavy (non-hydrogen) atoms. The SMILES string of the molecule is Cc1ccc(C#CCO)cc1C(=O)N1CCCC(O)C1. The highest BCUT2D eigenvalue weighted by molar-refractivity contribution is 5.96. The largest absolute Gasteiger partial charge is 0.391 e. The van der Waals surface area contributed by atoms with Crippen molar-refractivity contribution in [3.63, 3.8) is 0 Å². The second kappa shape index (κ2) is 6.56. The van der Waals surface area contributed by atoms with Gasteiger partial charge in [0.25, 0.3) is 5.91 Å². The minimum absolute atomic E-state index is 0.0612. The number of amides is 1. The molecule has 1 saturated heterocycles. The minimum atomic E-state index is -0.426. The van der Waals surface area contributed by atoms with Crippen molar-refractivity contribution < 1.29 is 15.0 Å². The van der Waals surface area contributed by atoms with Crippen LogP contribution in [0.2, 0.25) is 0 Å². The number of β-amino-alcohol motifs (C(OH)–C–C–N with tert-alkyl or cyclic N) is 1. The maximum absolute atomic E-state index is 12.5. The van der Waals surface area contributed by atoms with Crippen LogP contribution in [0.1, 0.15) is 34.3 Å². The molecule has 4 heteroatoms. The number of benzene rings is 1. The summed E-state index contributed by atoms with van der Waals surface area (Å²) < 4.78 is 0. The quantitative estimate of drug-likeness (QED) is 0.749. The van der Waals surface area contributed by atoms with E-state index in [1.165, 1.54) is 0 Å². The molecule has 106 valence electrons. The number of aliphatic hydroxyl groups excluding tert-OH is 2. The Morgan fingerprint density at radius 1 is 1.50 bits per heavy atom. The van der Waals surface area contributed by atoms with Crippen LogP contribution in [0.25, 0.3) is 0 Å². The lowest BCUT2D eigenvalue weighted by atomic mass is 10.0. The lowest BCUT2D eigenvalue weighted by Crippen LogP contribution is -2.42. The molecule has 0 aromatic heterocycles. The van der Waals surface area contributed by atoms with E-state index in [0.29, 0.717) is 24.2 Å². The Morgan fingerprint density at radius 2 is 2.30 bits per heavy atom. The Morgan fingerprint density at radius 3 is 3.00 bits per heavy atom. The fourth-order valence-corrected chi connectivity index (χ4v) is 2.38. The van der Waals surface area contributed by atoms with Crippen LogP contribution in [0.15, 0.2) is 18.2 Å². The van der Waals surface area contributed by atoms with E-state index in [0.717, 1.165) is 18.4 Å². The van der Waals surface area contributed by atoms with Gasteiger partial charge in [-0.3, -0.25) is 4.79 Å². The Hall–Kier alpha value is -1.83. The zero-order valence-corrected chi connectivity index (χ0v) is 11.6. The van der Waals surface area contributed by atoms with Crippen LogP contribution in [0.3, 0.4) is 0 Å². The first-order valence-corrected chi connectivity index (χ1v) is 6.79. The van der Waals surface area contributed by atoms with Crippen molar-refractivity contribution in [3.05, 3.63) is 34.9 Å². The van der Waals surface area contributed by atoms with Crippen molar-refractivity contribution in [1.82, 2.24) is 4.90 Å². The van der Waals surface area contributed by atoms with Crippen molar-refractivity contribution >= 4 is 5.91 Å². The van der Waals surface area contributed by atoms with Gasteiger partial charge in [0, 0.05) is 24.2 Å². The molecule has 0 radical (unpaired) electrons. The van der Waals surface area contributed by atoms with E-state index in [1.54, 1.807) is 11.0 Å². The van der Waals surface area contributed by atoms with Crippen molar-refractivity contribution in [2.45, 2.75) is 25.9 Å². The molecule has 4 nitrogen and oxygen atoms in total. The highest BCUT2D eigenvalue weighted by Gasteiger charge is 2.24. The summed E-state index contributed by atoms with van der Waals surface area (Å²) in [5, 5.41) is 18.4. The number of piperidine rings is 1. The number of nitrogens with zero attached hydrogens (tertiary/aromatic N) is 1. The predicted octanol–water partition coefficient (Wildman–Crippen LogP) is 0.936. The standard InChI is InChI=1S/C16H19NO3/c1-12-6-7-13(4-3-9-18)10-15(12)16(20)17-8-2-5-14(19)11-17/h6-7,10,14,18-19H,2,5,8-9,11H2,1H3. The molecule has 1 atom stereocenters. The van der Waals surface area contributed by atoms with Crippen LogP contribution >= 0.6 is 0 Å². The number of likely N-dealkylation sites (tertiary alicyclic amines) is 1. The van der Waals surface area contributed by atoms with Crippen LogP contribution in [0.5, 0.6) is 0 Å². The first-order chi connectivity index (χ1) is 9.61. The molecule has 1 aromatic carbocycles. The molecule has 0 aliphatic carbocycles. The first kappa shape index (κ1) is 14.6. The van der Waals surface area contributed by atoms with Gasteiger partial charge < -0.3 is 15.1 Å². The van der Waals surface area contributed by atoms with Gasteiger partial charge in [-0.15, -0.1) is 0 Å². The number of aliphatic hydroxyl groups is 2. The lowest BCUT2D eigenvalue weighted by Gasteiger charge is -2.30. The monoisotopic (exact) mass is 273 g/mol. The summed E-state index contributed by atoms with van der Waals surface area (Å²) in [5.41, 5.74) is 2.22. The van der Waals surface area contributed by atoms with E-state index in [9.17, 15) is 9.90 Å². The third-order valence-corrected chi connectivity index (χ3v) is 3.46. The van der Waals surface area contributed by atoms with E-state index in [4.69, 9.17) is 5.11 Å². The summed E-state index contributed by atoms with van der Waals surface area (Å²) in [6.45, 7) is 2.76. The van der Waals surface area contributed by atoms with Crippen molar-refractivity contribution in [3.8, 4) is 11.8 Å². The summed E-state index contributed by atoms with van der Waals surface area (Å²) in [6.07, 6.45) is 1.16. The van der Waals surface area contributed by atoms with Gasteiger partial charge in [0.1, 0.15) is 6.61 Å². The van der Waals surface area contributed by atoms with Gasteiger partial charge in [-0.25, -0.2) is 0 Å². The Kier molecular flexibility index (Phi) is 4.78. The van der Waals surface area contributed by atoms with E-state index in [-0.39, 0.29) is 12.5 Å². The highest BCUT2D eigenvalue weighted by Crippen LogP contribution is 2.17. The molecule has 1 unspecified atom stereocenters. The number of hydrogen-bond acceptors (Lipinski definition) is 3. The van der Waals surface area contributed by atoms with E-state index in [1.807, 2.05) is 19.1 Å². The minimum Gasteiger partial charge on any atom is -0.391 e. The summed E-state index contributed by atoms with van der Waals surface area (Å²) in [5.74, 6) is 5.32. The van der Waals surface area contributed by atoms with E-state index >= 15 is 0 Å². The molecular formula is C16H19NO3. The third kappa shape index (κ3) is 3.38. The highest BCUT2D eigenvalue weighted by atomic mass is 16.3. The third-order valence-electron chi connectivity index (χ3n) is 3.46. The molecule has 2 rings (SSSR count). The van der Waals surface area contributed by atoms with Gasteiger partial charge in [-0.1, -0.05) is 17.9 Å². The molecule has 0 bridgehead atoms. The van der Waals surface area contributed by atoms with Gasteiger partial charge in [0.2, 0.25) is 0 Å². The van der Waals surface area contributed by atoms with E-state index in [2.05, 4.69) is 11.8 Å². The number of carbonyl (C=O) groups is 1. The average Bonchev–Trinajstić information content (AvgIpc) is 2.45. The normalized spacial score (nSPS) is 18.4. The molecule has 0 spiro atoms. The second-order valence-corrected chi connectivity index (χ2v) is 5.04. The molecule has 2 N–H and O–H groups in total. The van der Waals surface area contributed by atoms with Crippen LogP contribution < -0.4 is 0 Å². The molecule has 1 aliphatic rings. The summed E-state index contributed by atoms with van der Waals surface area (Å²) in [7, 11) is 0. The van der Waals surface area contributed by atoms with Crippen LogP contribution in [-0.4, -0.2) is 46.8 Å². The Balaban J connectivity index is 2.24. The van der Waals surface area contributed by atoms with Crippen LogP contribution in [0.4, 0.5) is 0 Å². The van der Waals surface area contributed by atoms with Crippen LogP contribution in [0, 0.1) is 18.8 Å². The zero-order chi connectivity index (χ0) is 14.5. The maximum Gasteiger partial charge on any atom is 0.254 e. The molecule has 1 amide bonds.